The monoisotopic (exact) mass is 343 g/mol. The maximum Gasteiger partial charge on any atom is 0.196 e. The van der Waals surface area contributed by atoms with Gasteiger partial charge in [0.2, 0.25) is 0 Å². The second-order valence-corrected chi connectivity index (χ2v) is 6.23. The van der Waals surface area contributed by atoms with Gasteiger partial charge in [-0.15, -0.1) is 0 Å². The Bertz CT molecular complexity index is 1010. The average Bonchev–Trinajstić information content (AvgIpc) is 2.68. The van der Waals surface area contributed by atoms with Crippen LogP contribution in [0.15, 0.2) is 66.7 Å². The van der Waals surface area contributed by atoms with Gasteiger partial charge in [0.1, 0.15) is 0 Å². The van der Waals surface area contributed by atoms with E-state index < -0.39 is 0 Å². The largest absolute Gasteiger partial charge is 0.396 e. The number of hydrogen-bond donors (Lipinski definition) is 2. The first-order valence-corrected chi connectivity index (χ1v) is 8.47. The van der Waals surface area contributed by atoms with Crippen LogP contribution in [-0.2, 0) is 6.42 Å². The first-order chi connectivity index (χ1) is 12.7. The van der Waals surface area contributed by atoms with E-state index in [0.29, 0.717) is 34.4 Å². The van der Waals surface area contributed by atoms with Crippen molar-refractivity contribution in [1.82, 2.24) is 0 Å². The molecule has 4 nitrogen and oxygen atoms in total. The number of anilines is 2. The second-order valence-electron chi connectivity index (χ2n) is 6.23. The highest BCUT2D eigenvalue weighted by atomic mass is 16.3. The molecule has 1 aliphatic rings. The second kappa shape index (κ2) is 6.58. The van der Waals surface area contributed by atoms with Crippen molar-refractivity contribution in [3.8, 4) is 0 Å². The number of rotatable bonds is 4. The molecule has 3 aromatic rings. The Morgan fingerprint density at radius 1 is 0.731 bits per heavy atom. The molecule has 0 unspecified atom stereocenters. The fraction of sp³-hybridized carbons (Fsp3) is 0.0909. The van der Waals surface area contributed by atoms with Gasteiger partial charge in [-0.25, -0.2) is 0 Å². The number of carbonyl (C=O) groups is 2. The Hall–Kier alpha value is -3.24. The number of nitrogens with one attached hydrogen (secondary N) is 1. The highest BCUT2D eigenvalue weighted by Gasteiger charge is 2.31. The molecule has 0 spiro atoms. The van der Waals surface area contributed by atoms with Crippen LogP contribution in [0.4, 0.5) is 11.4 Å². The minimum atomic E-state index is -0.143. The van der Waals surface area contributed by atoms with Crippen LogP contribution in [0.2, 0.25) is 0 Å². The summed E-state index contributed by atoms with van der Waals surface area (Å²) in [6.45, 7) is 0.106. The van der Waals surface area contributed by atoms with Gasteiger partial charge < -0.3 is 10.4 Å². The molecule has 0 atom stereocenters. The third-order valence-corrected chi connectivity index (χ3v) is 4.59. The van der Waals surface area contributed by atoms with Crippen LogP contribution >= 0.6 is 0 Å². The standard InChI is InChI=1S/C22H17NO3/c24-13-12-14-8-10-15(11-9-14)23-19-7-3-6-18-20(19)22(26)17-5-2-1-4-16(17)21(18)25/h1-11,23-24H,12-13H2. The van der Waals surface area contributed by atoms with Crippen molar-refractivity contribution in [2.24, 2.45) is 0 Å². The zero-order valence-corrected chi connectivity index (χ0v) is 14.0. The Balaban J connectivity index is 1.74. The van der Waals surface area contributed by atoms with Crippen molar-refractivity contribution in [3.05, 3.63) is 94.5 Å². The van der Waals surface area contributed by atoms with Crippen LogP contribution in [-0.4, -0.2) is 23.3 Å². The lowest BCUT2D eigenvalue weighted by Gasteiger charge is -2.20. The summed E-state index contributed by atoms with van der Waals surface area (Å²) in [7, 11) is 0. The van der Waals surface area contributed by atoms with Gasteiger partial charge in [0.05, 0.1) is 11.3 Å². The van der Waals surface area contributed by atoms with Crippen molar-refractivity contribution in [1.29, 1.82) is 0 Å². The number of hydrogen-bond acceptors (Lipinski definition) is 4. The van der Waals surface area contributed by atoms with Gasteiger partial charge in [-0.05, 0) is 30.2 Å². The number of ketones is 2. The highest BCUT2D eigenvalue weighted by molar-refractivity contribution is 6.30. The molecule has 0 saturated carbocycles. The zero-order valence-electron chi connectivity index (χ0n) is 14.0. The SMILES string of the molecule is O=C1c2ccccc2C(=O)c2c(Nc3ccc(CCO)cc3)cccc21. The van der Waals surface area contributed by atoms with Crippen molar-refractivity contribution in [3.63, 3.8) is 0 Å². The molecule has 0 aliphatic heterocycles. The van der Waals surface area contributed by atoms with Gasteiger partial charge in [-0.3, -0.25) is 9.59 Å². The maximum absolute atomic E-state index is 13.0. The predicted molar refractivity (Wildman–Crippen MR) is 100 cm³/mol. The summed E-state index contributed by atoms with van der Waals surface area (Å²) in [4.78, 5) is 25.8. The molecule has 128 valence electrons. The molecule has 0 bridgehead atoms. The van der Waals surface area contributed by atoms with Crippen LogP contribution in [0.1, 0.15) is 37.4 Å². The molecule has 0 amide bonds. The van der Waals surface area contributed by atoms with Crippen molar-refractivity contribution in [2.45, 2.75) is 6.42 Å². The molecule has 0 aromatic heterocycles. The molecule has 1 aliphatic carbocycles. The van der Waals surface area contributed by atoms with Crippen molar-refractivity contribution < 1.29 is 14.7 Å². The fourth-order valence-electron chi connectivity index (χ4n) is 3.29. The Morgan fingerprint density at radius 3 is 2.08 bits per heavy atom. The quantitative estimate of drug-likeness (QED) is 0.592. The number of aliphatic hydroxyl groups is 1. The van der Waals surface area contributed by atoms with E-state index in [-0.39, 0.29) is 18.2 Å². The molecular formula is C22H17NO3. The van der Waals surface area contributed by atoms with Gasteiger partial charge in [0.25, 0.3) is 0 Å². The van der Waals surface area contributed by atoms with Crippen LogP contribution in [0, 0.1) is 0 Å². The molecule has 0 heterocycles. The summed E-state index contributed by atoms with van der Waals surface area (Å²) in [6.07, 6.45) is 0.602. The van der Waals surface area contributed by atoms with E-state index in [9.17, 15) is 9.59 Å². The summed E-state index contributed by atoms with van der Waals surface area (Å²) in [5.41, 5.74) is 4.21. The van der Waals surface area contributed by atoms with Gasteiger partial charge in [-0.1, -0.05) is 48.5 Å². The van der Waals surface area contributed by atoms with Crippen LogP contribution in [0.25, 0.3) is 0 Å². The minimum Gasteiger partial charge on any atom is -0.396 e. The molecular weight excluding hydrogens is 326 g/mol. The molecule has 0 radical (unpaired) electrons. The minimum absolute atomic E-state index is 0.106. The average molecular weight is 343 g/mol. The summed E-state index contributed by atoms with van der Waals surface area (Å²) in [6, 6.07) is 19.8. The van der Waals surface area contributed by atoms with Crippen molar-refractivity contribution >= 4 is 22.9 Å². The van der Waals surface area contributed by atoms with Crippen LogP contribution < -0.4 is 5.32 Å². The normalized spacial score (nSPS) is 12.5. The van der Waals surface area contributed by atoms with Crippen molar-refractivity contribution in [2.75, 3.05) is 11.9 Å². The Morgan fingerprint density at radius 2 is 1.38 bits per heavy atom. The number of benzene rings is 3. The van der Waals surface area contributed by atoms with Gasteiger partial charge in [0, 0.05) is 29.0 Å². The predicted octanol–water partition coefficient (Wildman–Crippen LogP) is 3.74. The lowest BCUT2D eigenvalue weighted by Crippen LogP contribution is -2.22. The summed E-state index contributed by atoms with van der Waals surface area (Å²) >= 11 is 0. The molecule has 4 heteroatoms. The van der Waals surface area contributed by atoms with E-state index in [0.717, 1.165) is 11.3 Å². The van der Waals surface area contributed by atoms with Gasteiger partial charge in [-0.2, -0.15) is 0 Å². The zero-order chi connectivity index (χ0) is 18.1. The highest BCUT2D eigenvalue weighted by Crippen LogP contribution is 2.33. The van der Waals surface area contributed by atoms with Crippen LogP contribution in [0.3, 0.4) is 0 Å². The maximum atomic E-state index is 13.0. The van der Waals surface area contributed by atoms with E-state index >= 15 is 0 Å². The van der Waals surface area contributed by atoms with E-state index in [1.807, 2.05) is 24.3 Å². The fourth-order valence-corrected chi connectivity index (χ4v) is 3.29. The third kappa shape index (κ3) is 2.70. The molecule has 0 fully saturated rings. The smallest absolute Gasteiger partial charge is 0.196 e. The Labute approximate surface area is 151 Å². The molecule has 3 aromatic carbocycles. The number of fused-ring (bicyclic) bond motifs is 2. The van der Waals surface area contributed by atoms with E-state index in [4.69, 9.17) is 5.11 Å². The third-order valence-electron chi connectivity index (χ3n) is 4.59. The first-order valence-electron chi connectivity index (χ1n) is 8.47. The van der Waals surface area contributed by atoms with Gasteiger partial charge in [0.15, 0.2) is 11.6 Å². The van der Waals surface area contributed by atoms with E-state index in [2.05, 4.69) is 5.32 Å². The summed E-state index contributed by atoms with van der Waals surface area (Å²) in [5, 5.41) is 12.3. The summed E-state index contributed by atoms with van der Waals surface area (Å²) in [5.74, 6) is -0.271. The molecule has 2 N–H and O–H groups in total. The Kier molecular flexibility index (Phi) is 4.11. The van der Waals surface area contributed by atoms with E-state index in [1.54, 1.807) is 42.5 Å². The molecule has 0 saturated heterocycles. The molecule has 4 rings (SSSR count). The molecule has 26 heavy (non-hydrogen) atoms. The number of carbonyl (C=O) groups excluding carboxylic acids is 2. The lowest BCUT2D eigenvalue weighted by molar-refractivity contribution is 0.0979. The van der Waals surface area contributed by atoms with E-state index in [1.165, 1.54) is 0 Å². The topological polar surface area (TPSA) is 66.4 Å². The van der Waals surface area contributed by atoms with Crippen LogP contribution in [0.5, 0.6) is 0 Å². The first kappa shape index (κ1) is 16.2. The summed E-state index contributed by atoms with van der Waals surface area (Å²) < 4.78 is 0. The lowest BCUT2D eigenvalue weighted by atomic mass is 9.83. The number of aliphatic hydroxyl groups excluding tert-OH is 1. The van der Waals surface area contributed by atoms with Gasteiger partial charge >= 0.3 is 0 Å².